The Hall–Kier alpha value is -2.04. The van der Waals surface area contributed by atoms with Crippen LogP contribution in [-0.2, 0) is 4.79 Å². The zero-order valence-electron chi connectivity index (χ0n) is 10.7. The minimum Gasteiger partial charge on any atom is -0.374 e. The number of amides is 2. The molecule has 1 aromatic rings. The van der Waals surface area contributed by atoms with Crippen LogP contribution in [0.25, 0.3) is 0 Å². The van der Waals surface area contributed by atoms with Gasteiger partial charge in [-0.15, -0.1) is 0 Å². The molecule has 1 unspecified atom stereocenters. The molecule has 0 heterocycles. The summed E-state index contributed by atoms with van der Waals surface area (Å²) in [7, 11) is 0. The van der Waals surface area contributed by atoms with E-state index in [0.717, 1.165) is 6.42 Å². The lowest BCUT2D eigenvalue weighted by Crippen LogP contribution is -2.37. The van der Waals surface area contributed by atoms with E-state index in [1.54, 1.807) is 31.2 Å². The highest BCUT2D eigenvalue weighted by Gasteiger charge is 2.12. The molecular formula is C13H19N3O2. The molecule has 0 aliphatic heterocycles. The van der Waals surface area contributed by atoms with Crippen LogP contribution in [0.1, 0.15) is 30.6 Å². The Morgan fingerprint density at radius 3 is 2.72 bits per heavy atom. The van der Waals surface area contributed by atoms with Crippen molar-refractivity contribution in [3.05, 3.63) is 29.8 Å². The van der Waals surface area contributed by atoms with Gasteiger partial charge in [-0.25, -0.2) is 0 Å². The number of hydrogen-bond donors (Lipinski definition) is 3. The normalized spacial score (nSPS) is 11.7. The number of hydrogen-bond acceptors (Lipinski definition) is 3. The van der Waals surface area contributed by atoms with E-state index >= 15 is 0 Å². The average Bonchev–Trinajstić information content (AvgIpc) is 2.36. The molecule has 0 aliphatic rings. The van der Waals surface area contributed by atoms with Gasteiger partial charge in [0, 0.05) is 17.8 Å². The van der Waals surface area contributed by atoms with Crippen molar-refractivity contribution in [1.82, 2.24) is 5.32 Å². The fourth-order valence-corrected chi connectivity index (χ4v) is 1.48. The largest absolute Gasteiger partial charge is 0.374 e. The summed E-state index contributed by atoms with van der Waals surface area (Å²) < 4.78 is 0. The molecule has 18 heavy (non-hydrogen) atoms. The Morgan fingerprint density at radius 2 is 2.11 bits per heavy atom. The average molecular weight is 249 g/mol. The molecule has 1 rings (SSSR count). The Kier molecular flexibility index (Phi) is 5.17. The lowest BCUT2D eigenvalue weighted by molar-refractivity contribution is -0.121. The fraction of sp³-hybridized carbons (Fsp3) is 0.385. The van der Waals surface area contributed by atoms with Crippen molar-refractivity contribution in [1.29, 1.82) is 0 Å². The van der Waals surface area contributed by atoms with Crippen molar-refractivity contribution in [3.63, 3.8) is 0 Å². The van der Waals surface area contributed by atoms with Gasteiger partial charge in [0.05, 0.1) is 0 Å². The van der Waals surface area contributed by atoms with Crippen LogP contribution in [0.5, 0.6) is 0 Å². The zero-order valence-corrected chi connectivity index (χ0v) is 10.7. The first-order chi connectivity index (χ1) is 8.54. The molecular weight excluding hydrogens is 230 g/mol. The second-order valence-corrected chi connectivity index (χ2v) is 4.10. The van der Waals surface area contributed by atoms with Crippen LogP contribution in [0.2, 0.25) is 0 Å². The van der Waals surface area contributed by atoms with Crippen LogP contribution >= 0.6 is 0 Å². The predicted octanol–water partition coefficient (Wildman–Crippen LogP) is 1.11. The molecule has 0 fully saturated rings. The summed E-state index contributed by atoms with van der Waals surface area (Å²) in [5.41, 5.74) is 6.31. The van der Waals surface area contributed by atoms with Crippen LogP contribution in [-0.4, -0.2) is 24.4 Å². The van der Waals surface area contributed by atoms with Gasteiger partial charge in [0.1, 0.15) is 6.04 Å². The number of carbonyl (C=O) groups excluding carboxylic acids is 2. The van der Waals surface area contributed by atoms with Crippen molar-refractivity contribution in [3.8, 4) is 0 Å². The summed E-state index contributed by atoms with van der Waals surface area (Å²) in [6, 6.07) is 6.41. The summed E-state index contributed by atoms with van der Waals surface area (Å²) >= 11 is 0. The van der Waals surface area contributed by atoms with Gasteiger partial charge in [-0.05, 0) is 31.5 Å². The van der Waals surface area contributed by atoms with Crippen molar-refractivity contribution >= 4 is 17.5 Å². The molecule has 5 heteroatoms. The van der Waals surface area contributed by atoms with E-state index in [9.17, 15) is 9.59 Å². The summed E-state index contributed by atoms with van der Waals surface area (Å²) in [6.07, 6.45) is 0.898. The second-order valence-electron chi connectivity index (χ2n) is 4.10. The molecule has 5 nitrogen and oxygen atoms in total. The zero-order chi connectivity index (χ0) is 13.5. The molecule has 0 bridgehead atoms. The predicted molar refractivity (Wildman–Crippen MR) is 71.3 cm³/mol. The third kappa shape index (κ3) is 4.08. The Labute approximate surface area is 107 Å². The molecule has 4 N–H and O–H groups in total. The van der Waals surface area contributed by atoms with E-state index < -0.39 is 5.91 Å². The molecule has 0 aliphatic carbocycles. The summed E-state index contributed by atoms with van der Waals surface area (Å²) in [5.74, 6) is -0.553. The fourth-order valence-electron chi connectivity index (χ4n) is 1.48. The second kappa shape index (κ2) is 6.64. The van der Waals surface area contributed by atoms with Crippen LogP contribution in [0.4, 0.5) is 5.69 Å². The smallest absolute Gasteiger partial charge is 0.248 e. The monoisotopic (exact) mass is 249 g/mol. The van der Waals surface area contributed by atoms with Crippen LogP contribution in [0.15, 0.2) is 24.3 Å². The standard InChI is InChI=1S/C13H19N3O2/c1-3-7-15-13(18)9(2)16-11-6-4-5-10(8-11)12(14)17/h4-6,8-9,16H,3,7H2,1-2H3,(H2,14,17)(H,15,18). The molecule has 98 valence electrons. The maximum atomic E-state index is 11.7. The quantitative estimate of drug-likeness (QED) is 0.706. The van der Waals surface area contributed by atoms with Crippen molar-refractivity contribution in [2.75, 3.05) is 11.9 Å². The van der Waals surface area contributed by atoms with Crippen LogP contribution in [0, 0.1) is 0 Å². The summed E-state index contributed by atoms with van der Waals surface area (Å²) in [4.78, 5) is 22.7. The number of primary amides is 1. The molecule has 0 spiro atoms. The topological polar surface area (TPSA) is 84.2 Å². The Bertz CT molecular complexity index is 432. The molecule has 0 saturated heterocycles. The van der Waals surface area contributed by atoms with Crippen LogP contribution < -0.4 is 16.4 Å². The van der Waals surface area contributed by atoms with Gasteiger partial charge in [0.15, 0.2) is 0 Å². The maximum Gasteiger partial charge on any atom is 0.248 e. The summed E-state index contributed by atoms with van der Waals surface area (Å²) in [5, 5.41) is 5.82. The van der Waals surface area contributed by atoms with Gasteiger partial charge < -0.3 is 16.4 Å². The highest BCUT2D eigenvalue weighted by molar-refractivity contribution is 5.94. The van der Waals surface area contributed by atoms with Gasteiger partial charge >= 0.3 is 0 Å². The number of nitrogens with one attached hydrogen (secondary N) is 2. The first kappa shape index (κ1) is 14.0. The first-order valence-corrected chi connectivity index (χ1v) is 5.98. The molecule has 0 aromatic heterocycles. The molecule has 0 radical (unpaired) electrons. The number of rotatable bonds is 6. The SMILES string of the molecule is CCCNC(=O)C(C)Nc1cccc(C(N)=O)c1. The highest BCUT2D eigenvalue weighted by Crippen LogP contribution is 2.11. The summed E-state index contributed by atoms with van der Waals surface area (Å²) in [6.45, 7) is 4.42. The molecule has 1 aromatic carbocycles. The van der Waals surface area contributed by atoms with Gasteiger partial charge in [-0.2, -0.15) is 0 Å². The van der Waals surface area contributed by atoms with Gasteiger partial charge in [-0.1, -0.05) is 13.0 Å². The van der Waals surface area contributed by atoms with E-state index in [1.807, 2.05) is 6.92 Å². The Balaban J connectivity index is 2.63. The van der Waals surface area contributed by atoms with E-state index in [0.29, 0.717) is 17.8 Å². The van der Waals surface area contributed by atoms with Crippen molar-refractivity contribution in [2.45, 2.75) is 26.3 Å². The number of carbonyl (C=O) groups is 2. The van der Waals surface area contributed by atoms with Crippen LogP contribution in [0.3, 0.4) is 0 Å². The molecule has 1 atom stereocenters. The molecule has 2 amide bonds. The minimum atomic E-state index is -0.485. The third-order valence-corrected chi connectivity index (χ3v) is 2.47. The molecule has 0 saturated carbocycles. The van der Waals surface area contributed by atoms with Gasteiger partial charge in [0.25, 0.3) is 0 Å². The maximum absolute atomic E-state index is 11.7. The number of anilines is 1. The Morgan fingerprint density at radius 1 is 1.39 bits per heavy atom. The van der Waals surface area contributed by atoms with E-state index in [4.69, 9.17) is 5.73 Å². The van der Waals surface area contributed by atoms with Crippen molar-refractivity contribution < 1.29 is 9.59 Å². The lowest BCUT2D eigenvalue weighted by atomic mass is 10.2. The lowest BCUT2D eigenvalue weighted by Gasteiger charge is -2.15. The van der Waals surface area contributed by atoms with E-state index in [-0.39, 0.29) is 11.9 Å². The number of benzene rings is 1. The minimum absolute atomic E-state index is 0.0682. The van der Waals surface area contributed by atoms with E-state index in [1.165, 1.54) is 0 Å². The third-order valence-electron chi connectivity index (χ3n) is 2.47. The van der Waals surface area contributed by atoms with Gasteiger partial charge in [0.2, 0.25) is 11.8 Å². The van der Waals surface area contributed by atoms with E-state index in [2.05, 4.69) is 10.6 Å². The van der Waals surface area contributed by atoms with Crippen molar-refractivity contribution in [2.24, 2.45) is 5.73 Å². The first-order valence-electron chi connectivity index (χ1n) is 5.98. The van der Waals surface area contributed by atoms with Gasteiger partial charge in [-0.3, -0.25) is 9.59 Å². The number of nitrogens with two attached hydrogens (primary N) is 1. The highest BCUT2D eigenvalue weighted by atomic mass is 16.2.